The molecule has 2 aromatic carbocycles. The molecule has 0 aliphatic carbocycles. The summed E-state index contributed by atoms with van der Waals surface area (Å²) in [4.78, 5) is 25.4. The van der Waals surface area contributed by atoms with Gasteiger partial charge in [-0.3, -0.25) is 9.69 Å². The fraction of sp³-hybridized carbons (Fsp3) is 0.111. The van der Waals surface area contributed by atoms with E-state index in [1.807, 2.05) is 0 Å². The maximum atomic E-state index is 12.4. The Labute approximate surface area is 141 Å². The normalized spacial score (nSPS) is 10.4. The molecule has 0 heterocycles. The lowest BCUT2D eigenvalue weighted by Gasteiger charge is -2.21. The molecule has 0 aromatic heterocycles. The first-order chi connectivity index (χ1) is 11.9. The molecule has 0 aliphatic heterocycles. The molecule has 0 saturated heterocycles. The third-order valence-corrected chi connectivity index (χ3v) is 2.91. The van der Waals surface area contributed by atoms with Crippen molar-refractivity contribution in [3.8, 4) is 11.8 Å². The Morgan fingerprint density at radius 1 is 0.920 bits per heavy atom. The molecule has 0 radical (unpaired) electrons. The Morgan fingerprint density at radius 2 is 1.40 bits per heavy atom. The van der Waals surface area contributed by atoms with E-state index in [9.17, 15) is 22.8 Å². The minimum Gasteiger partial charge on any atom is -0.445 e. The molecule has 0 spiro atoms. The number of nitrogens with zero attached hydrogens (tertiary/aromatic N) is 1. The molecule has 0 unspecified atom stereocenters. The first kappa shape index (κ1) is 18.1. The molecule has 0 bridgehead atoms. The number of halogens is 3. The SMILES string of the molecule is O=C(OCC#CC(F)(F)F)C(=O)N(c1ccccc1)c1ccccc1. The summed E-state index contributed by atoms with van der Waals surface area (Å²) in [5, 5.41) is 0. The van der Waals surface area contributed by atoms with E-state index >= 15 is 0 Å². The summed E-state index contributed by atoms with van der Waals surface area (Å²) in [6.45, 7) is -0.832. The Kier molecular flexibility index (Phi) is 5.79. The minimum atomic E-state index is -4.68. The second-order valence-electron chi connectivity index (χ2n) is 4.69. The maximum Gasteiger partial charge on any atom is 0.457 e. The van der Waals surface area contributed by atoms with Crippen molar-refractivity contribution in [3.63, 3.8) is 0 Å². The number of anilines is 2. The average molecular weight is 347 g/mol. The predicted molar refractivity (Wildman–Crippen MR) is 84.8 cm³/mol. The van der Waals surface area contributed by atoms with Crippen molar-refractivity contribution in [3.05, 3.63) is 60.7 Å². The van der Waals surface area contributed by atoms with E-state index in [4.69, 9.17) is 0 Å². The summed E-state index contributed by atoms with van der Waals surface area (Å²) in [5.74, 6) is 0.260. The highest BCUT2D eigenvalue weighted by molar-refractivity contribution is 6.39. The van der Waals surface area contributed by atoms with Gasteiger partial charge in [0.05, 0.1) is 0 Å². The van der Waals surface area contributed by atoms with Crippen molar-refractivity contribution < 1.29 is 27.5 Å². The molecule has 7 heteroatoms. The van der Waals surface area contributed by atoms with Crippen molar-refractivity contribution in [2.45, 2.75) is 6.18 Å². The van der Waals surface area contributed by atoms with Crippen molar-refractivity contribution >= 4 is 23.3 Å². The monoisotopic (exact) mass is 347 g/mol. The van der Waals surface area contributed by atoms with E-state index in [1.165, 1.54) is 0 Å². The van der Waals surface area contributed by atoms with E-state index in [0.29, 0.717) is 11.4 Å². The molecular weight excluding hydrogens is 335 g/mol. The summed E-state index contributed by atoms with van der Waals surface area (Å²) in [6, 6.07) is 16.6. The second-order valence-corrected chi connectivity index (χ2v) is 4.69. The van der Waals surface area contributed by atoms with E-state index < -0.39 is 24.7 Å². The van der Waals surface area contributed by atoms with Crippen molar-refractivity contribution in [1.29, 1.82) is 0 Å². The third-order valence-electron chi connectivity index (χ3n) is 2.91. The average Bonchev–Trinajstić information content (AvgIpc) is 2.60. The highest BCUT2D eigenvalue weighted by Gasteiger charge is 2.26. The van der Waals surface area contributed by atoms with Crippen LogP contribution in [0.4, 0.5) is 24.5 Å². The quantitative estimate of drug-likeness (QED) is 0.485. The number of alkyl halides is 3. The van der Waals surface area contributed by atoms with Crippen LogP contribution in [-0.4, -0.2) is 24.7 Å². The number of para-hydroxylation sites is 2. The zero-order valence-electron chi connectivity index (χ0n) is 12.8. The molecule has 2 aromatic rings. The van der Waals surface area contributed by atoms with Gasteiger partial charge in [0.1, 0.15) is 0 Å². The minimum absolute atomic E-state index is 0.414. The topological polar surface area (TPSA) is 46.6 Å². The second kappa shape index (κ2) is 8.02. The van der Waals surface area contributed by atoms with Crippen LogP contribution < -0.4 is 4.90 Å². The van der Waals surface area contributed by atoms with E-state index in [1.54, 1.807) is 66.6 Å². The number of amides is 1. The summed E-state index contributed by atoms with van der Waals surface area (Å²) in [7, 11) is 0. The molecule has 25 heavy (non-hydrogen) atoms. The number of hydrogen-bond acceptors (Lipinski definition) is 3. The Hall–Kier alpha value is -3.27. The number of benzene rings is 2. The number of rotatable bonds is 3. The number of carbonyl (C=O) groups is 2. The van der Waals surface area contributed by atoms with Gasteiger partial charge in [-0.2, -0.15) is 13.2 Å². The van der Waals surface area contributed by atoms with Crippen LogP contribution in [0, 0.1) is 11.8 Å². The van der Waals surface area contributed by atoms with Gasteiger partial charge in [-0.05, 0) is 24.3 Å². The third kappa shape index (κ3) is 5.39. The number of carbonyl (C=O) groups excluding carboxylic acids is 2. The molecule has 4 nitrogen and oxygen atoms in total. The van der Waals surface area contributed by atoms with Crippen LogP contribution in [0.2, 0.25) is 0 Å². The molecule has 0 fully saturated rings. The van der Waals surface area contributed by atoms with Crippen LogP contribution in [0.25, 0.3) is 0 Å². The summed E-state index contributed by atoms with van der Waals surface area (Å²) >= 11 is 0. The van der Waals surface area contributed by atoms with Crippen molar-refractivity contribution in [2.75, 3.05) is 11.5 Å². The zero-order chi connectivity index (χ0) is 18.3. The fourth-order valence-electron chi connectivity index (χ4n) is 1.93. The fourth-order valence-corrected chi connectivity index (χ4v) is 1.93. The largest absolute Gasteiger partial charge is 0.457 e. The lowest BCUT2D eigenvalue weighted by atomic mass is 10.2. The summed E-state index contributed by atoms with van der Waals surface area (Å²) < 4.78 is 40.3. The van der Waals surface area contributed by atoms with Gasteiger partial charge in [0, 0.05) is 17.3 Å². The molecule has 128 valence electrons. The molecule has 1 amide bonds. The van der Waals surface area contributed by atoms with Crippen LogP contribution >= 0.6 is 0 Å². The van der Waals surface area contributed by atoms with Gasteiger partial charge in [-0.1, -0.05) is 42.3 Å². The van der Waals surface area contributed by atoms with Gasteiger partial charge in [0.15, 0.2) is 6.61 Å². The molecule has 2 rings (SSSR count). The maximum absolute atomic E-state index is 12.4. The van der Waals surface area contributed by atoms with Gasteiger partial charge >= 0.3 is 18.1 Å². The summed E-state index contributed by atoms with van der Waals surface area (Å²) in [5.41, 5.74) is 0.828. The lowest BCUT2D eigenvalue weighted by Crippen LogP contribution is -2.34. The van der Waals surface area contributed by atoms with Gasteiger partial charge in [-0.15, -0.1) is 0 Å². The Morgan fingerprint density at radius 3 is 1.84 bits per heavy atom. The Balaban J connectivity index is 2.18. The highest BCUT2D eigenvalue weighted by Crippen LogP contribution is 2.25. The van der Waals surface area contributed by atoms with Gasteiger partial charge in [0.25, 0.3) is 0 Å². The molecule has 0 aliphatic rings. The van der Waals surface area contributed by atoms with E-state index in [2.05, 4.69) is 4.74 Å². The summed E-state index contributed by atoms with van der Waals surface area (Å²) in [6.07, 6.45) is -4.68. The van der Waals surface area contributed by atoms with Crippen LogP contribution in [0.5, 0.6) is 0 Å². The molecule has 0 atom stereocenters. The lowest BCUT2D eigenvalue weighted by molar-refractivity contribution is -0.152. The van der Waals surface area contributed by atoms with Crippen LogP contribution in [0.3, 0.4) is 0 Å². The highest BCUT2D eigenvalue weighted by atomic mass is 19.4. The van der Waals surface area contributed by atoms with E-state index in [0.717, 1.165) is 10.8 Å². The zero-order valence-corrected chi connectivity index (χ0v) is 12.8. The number of ether oxygens (including phenoxy) is 1. The van der Waals surface area contributed by atoms with E-state index in [-0.39, 0.29) is 0 Å². The van der Waals surface area contributed by atoms with Gasteiger partial charge in [0.2, 0.25) is 0 Å². The van der Waals surface area contributed by atoms with Crippen molar-refractivity contribution in [2.24, 2.45) is 0 Å². The first-order valence-corrected chi connectivity index (χ1v) is 7.06. The van der Waals surface area contributed by atoms with Gasteiger partial charge < -0.3 is 4.74 Å². The predicted octanol–water partition coefficient (Wildman–Crippen LogP) is 3.46. The van der Waals surface area contributed by atoms with Crippen LogP contribution in [0.15, 0.2) is 60.7 Å². The van der Waals surface area contributed by atoms with Crippen LogP contribution in [0.1, 0.15) is 0 Å². The number of hydrogen-bond donors (Lipinski definition) is 0. The smallest absolute Gasteiger partial charge is 0.445 e. The van der Waals surface area contributed by atoms with Gasteiger partial charge in [-0.25, -0.2) is 4.79 Å². The Bertz CT molecular complexity index is 754. The van der Waals surface area contributed by atoms with Crippen molar-refractivity contribution in [1.82, 2.24) is 0 Å². The first-order valence-electron chi connectivity index (χ1n) is 7.06. The molecule has 0 saturated carbocycles. The standard InChI is InChI=1S/C18H12F3NO3/c19-18(20,21)12-7-13-25-17(24)16(23)22(14-8-3-1-4-9-14)15-10-5-2-6-11-15/h1-6,8-11H,13H2. The van der Waals surface area contributed by atoms with Crippen LogP contribution in [-0.2, 0) is 14.3 Å². The number of esters is 1. The molecular formula is C18H12F3NO3. The molecule has 0 N–H and O–H groups in total.